The first-order valence-corrected chi connectivity index (χ1v) is 6.20. The van der Waals surface area contributed by atoms with Crippen LogP contribution in [-0.2, 0) is 6.42 Å². The fourth-order valence-corrected chi connectivity index (χ4v) is 2.79. The molecule has 0 unspecified atom stereocenters. The zero-order valence-corrected chi connectivity index (χ0v) is 10.9. The van der Waals surface area contributed by atoms with E-state index in [4.69, 9.17) is 9.47 Å². The zero-order chi connectivity index (χ0) is 12.3. The average molecular weight is 235 g/mol. The molecule has 0 saturated carbocycles. The molecule has 0 aliphatic heterocycles. The summed E-state index contributed by atoms with van der Waals surface area (Å²) in [4.78, 5) is 0. The number of hydrogen-bond donors (Lipinski definition) is 1. The van der Waals surface area contributed by atoms with E-state index in [2.05, 4.69) is 11.4 Å². The van der Waals surface area contributed by atoms with E-state index >= 15 is 0 Å². The van der Waals surface area contributed by atoms with Crippen molar-refractivity contribution in [2.75, 3.05) is 27.8 Å². The molecule has 1 aliphatic rings. The van der Waals surface area contributed by atoms with E-state index in [1.54, 1.807) is 14.2 Å². The topological polar surface area (TPSA) is 30.5 Å². The molecular formula is C14H21NO2. The minimum Gasteiger partial charge on any atom is -0.493 e. The number of benzene rings is 1. The second-order valence-electron chi connectivity index (χ2n) is 4.52. The van der Waals surface area contributed by atoms with E-state index in [1.807, 2.05) is 13.1 Å². The van der Waals surface area contributed by atoms with Gasteiger partial charge in [-0.15, -0.1) is 0 Å². The minimum atomic E-state index is 0.601. The summed E-state index contributed by atoms with van der Waals surface area (Å²) in [5, 5.41) is 3.27. The van der Waals surface area contributed by atoms with E-state index in [1.165, 1.54) is 24.0 Å². The van der Waals surface area contributed by atoms with Crippen molar-refractivity contribution < 1.29 is 9.47 Å². The number of hydrogen-bond acceptors (Lipinski definition) is 3. The maximum absolute atomic E-state index is 5.52. The molecule has 0 amide bonds. The summed E-state index contributed by atoms with van der Waals surface area (Å²) in [6.45, 7) is 1.03. The average Bonchev–Trinajstić information content (AvgIpc) is 2.38. The van der Waals surface area contributed by atoms with Crippen molar-refractivity contribution >= 4 is 0 Å². The van der Waals surface area contributed by atoms with Gasteiger partial charge in [0.25, 0.3) is 0 Å². The van der Waals surface area contributed by atoms with Crippen LogP contribution in [0, 0.1) is 0 Å². The number of nitrogens with one attached hydrogen (secondary N) is 1. The van der Waals surface area contributed by atoms with Gasteiger partial charge in [0.2, 0.25) is 0 Å². The number of methoxy groups -OCH3 is 2. The number of rotatable bonds is 4. The molecule has 17 heavy (non-hydrogen) atoms. The largest absolute Gasteiger partial charge is 0.493 e. The Labute approximate surface area is 103 Å². The third-order valence-electron chi connectivity index (χ3n) is 3.55. The van der Waals surface area contributed by atoms with Gasteiger partial charge >= 0.3 is 0 Å². The van der Waals surface area contributed by atoms with Crippen LogP contribution in [0.5, 0.6) is 11.5 Å². The molecule has 1 atom stereocenters. The molecule has 0 spiro atoms. The molecule has 1 aromatic rings. The Balaban J connectivity index is 2.43. The lowest BCUT2D eigenvalue weighted by atomic mass is 9.82. The number of likely N-dealkylation sites (N-methyl/N-ethyl adjacent to an activating group) is 1. The van der Waals surface area contributed by atoms with E-state index in [9.17, 15) is 0 Å². The number of fused-ring (bicyclic) bond motifs is 1. The van der Waals surface area contributed by atoms with E-state index in [0.29, 0.717) is 5.92 Å². The zero-order valence-electron chi connectivity index (χ0n) is 10.9. The fraction of sp³-hybridized carbons (Fsp3) is 0.571. The summed E-state index contributed by atoms with van der Waals surface area (Å²) in [6.07, 6.45) is 3.57. The minimum absolute atomic E-state index is 0.601. The predicted octanol–water partition coefficient (Wildman–Crippen LogP) is 2.34. The first-order chi connectivity index (χ1) is 8.31. The fourth-order valence-electron chi connectivity index (χ4n) is 2.79. The third kappa shape index (κ3) is 2.25. The molecule has 1 N–H and O–H groups in total. The summed E-state index contributed by atoms with van der Waals surface area (Å²) in [6, 6.07) is 4.21. The van der Waals surface area contributed by atoms with Crippen LogP contribution in [0.1, 0.15) is 29.9 Å². The van der Waals surface area contributed by atoms with E-state index in [0.717, 1.165) is 24.5 Å². The first kappa shape index (κ1) is 12.2. The van der Waals surface area contributed by atoms with Crippen molar-refractivity contribution in [3.8, 4) is 11.5 Å². The molecule has 0 saturated heterocycles. The van der Waals surface area contributed by atoms with Crippen molar-refractivity contribution in [3.63, 3.8) is 0 Å². The lowest BCUT2D eigenvalue weighted by molar-refractivity contribution is 0.347. The van der Waals surface area contributed by atoms with Crippen LogP contribution in [0.15, 0.2) is 12.1 Å². The van der Waals surface area contributed by atoms with Crippen molar-refractivity contribution in [2.45, 2.75) is 25.2 Å². The second-order valence-corrected chi connectivity index (χ2v) is 4.52. The summed E-state index contributed by atoms with van der Waals surface area (Å²) in [5.41, 5.74) is 2.75. The van der Waals surface area contributed by atoms with Crippen LogP contribution < -0.4 is 14.8 Å². The van der Waals surface area contributed by atoms with E-state index < -0.39 is 0 Å². The Hall–Kier alpha value is -1.22. The molecular weight excluding hydrogens is 214 g/mol. The molecule has 2 rings (SSSR count). The van der Waals surface area contributed by atoms with Gasteiger partial charge < -0.3 is 14.8 Å². The lowest BCUT2D eigenvalue weighted by Gasteiger charge is -2.27. The van der Waals surface area contributed by atoms with Crippen LogP contribution in [0.25, 0.3) is 0 Å². The summed E-state index contributed by atoms with van der Waals surface area (Å²) in [5.74, 6) is 2.37. The van der Waals surface area contributed by atoms with Crippen LogP contribution in [0.4, 0.5) is 0 Å². The Morgan fingerprint density at radius 2 is 2.12 bits per heavy atom. The van der Waals surface area contributed by atoms with Gasteiger partial charge in [-0.1, -0.05) is 6.07 Å². The number of ether oxygens (including phenoxy) is 2. The Morgan fingerprint density at radius 1 is 1.29 bits per heavy atom. The predicted molar refractivity (Wildman–Crippen MR) is 69.2 cm³/mol. The molecule has 3 heteroatoms. The SMILES string of the molecule is CNC[C@@H]1CCCc2c1ccc(OC)c2OC. The standard InChI is InChI=1S/C14H21NO2/c1-15-9-10-5-4-6-12-11(10)7-8-13(16-2)14(12)17-3/h7-8,10,15H,4-6,9H2,1-3H3/t10-/m0/s1. The van der Waals surface area contributed by atoms with Crippen LogP contribution in [0.3, 0.4) is 0 Å². The molecule has 94 valence electrons. The van der Waals surface area contributed by atoms with Crippen LogP contribution >= 0.6 is 0 Å². The summed E-state index contributed by atoms with van der Waals surface area (Å²) >= 11 is 0. The summed E-state index contributed by atoms with van der Waals surface area (Å²) < 4.78 is 10.9. The van der Waals surface area contributed by atoms with Gasteiger partial charge in [0.15, 0.2) is 11.5 Å². The molecule has 0 fully saturated rings. The maximum atomic E-state index is 5.52. The third-order valence-corrected chi connectivity index (χ3v) is 3.55. The first-order valence-electron chi connectivity index (χ1n) is 6.20. The van der Waals surface area contributed by atoms with Crippen LogP contribution in [-0.4, -0.2) is 27.8 Å². The van der Waals surface area contributed by atoms with E-state index in [-0.39, 0.29) is 0 Å². The molecule has 1 aliphatic carbocycles. The quantitative estimate of drug-likeness (QED) is 0.869. The smallest absolute Gasteiger partial charge is 0.164 e. The summed E-state index contributed by atoms with van der Waals surface area (Å²) in [7, 11) is 5.42. The van der Waals surface area contributed by atoms with Gasteiger partial charge in [-0.3, -0.25) is 0 Å². The monoisotopic (exact) mass is 235 g/mol. The highest BCUT2D eigenvalue weighted by molar-refractivity contribution is 5.52. The molecule has 0 bridgehead atoms. The Kier molecular flexibility index (Phi) is 3.89. The molecule has 0 radical (unpaired) electrons. The molecule has 0 aromatic heterocycles. The normalized spacial score (nSPS) is 18.6. The van der Waals surface area contributed by atoms with Gasteiger partial charge in [0.1, 0.15) is 0 Å². The highest BCUT2D eigenvalue weighted by atomic mass is 16.5. The Bertz CT molecular complexity index is 390. The van der Waals surface area contributed by atoms with Gasteiger partial charge in [0, 0.05) is 12.1 Å². The molecule has 1 aromatic carbocycles. The van der Waals surface area contributed by atoms with Crippen LogP contribution in [0.2, 0.25) is 0 Å². The highest BCUT2D eigenvalue weighted by Gasteiger charge is 2.24. The van der Waals surface area contributed by atoms with Gasteiger partial charge in [-0.2, -0.15) is 0 Å². The van der Waals surface area contributed by atoms with Crippen molar-refractivity contribution in [3.05, 3.63) is 23.3 Å². The lowest BCUT2D eigenvalue weighted by Crippen LogP contribution is -2.21. The van der Waals surface area contributed by atoms with Gasteiger partial charge in [0.05, 0.1) is 14.2 Å². The molecule has 3 nitrogen and oxygen atoms in total. The van der Waals surface area contributed by atoms with Gasteiger partial charge in [-0.25, -0.2) is 0 Å². The molecule has 0 heterocycles. The maximum Gasteiger partial charge on any atom is 0.164 e. The van der Waals surface area contributed by atoms with Crippen molar-refractivity contribution in [2.24, 2.45) is 0 Å². The van der Waals surface area contributed by atoms with Crippen molar-refractivity contribution in [1.29, 1.82) is 0 Å². The Morgan fingerprint density at radius 3 is 2.76 bits per heavy atom. The highest BCUT2D eigenvalue weighted by Crippen LogP contribution is 2.41. The van der Waals surface area contributed by atoms with Gasteiger partial charge in [-0.05, 0) is 43.9 Å². The van der Waals surface area contributed by atoms with Crippen molar-refractivity contribution in [1.82, 2.24) is 5.32 Å². The second kappa shape index (κ2) is 5.41.